The van der Waals surface area contributed by atoms with E-state index in [-0.39, 0.29) is 67.8 Å². The number of aliphatic hydroxyl groups is 1. The number of carboxylic acids is 1. The van der Waals surface area contributed by atoms with E-state index < -0.39 is 139 Å². The van der Waals surface area contributed by atoms with Crippen LogP contribution < -0.4 is 5.73 Å². The standard InChI is InChI=1S/2C17H12F3N3O4.C17H14F3N3O2.C10H8BrF3O2.C10H9F3O2.C9H7F3O2.C8H6N2O2.CH4O/c1-27-16(24)15(10-5-7-11(8-6-10)17(18,19)20)22-9-12-13(21-22)3-2-4-14(12)23(25)26;1-27-16(24)15(10-5-7-11(8-6-10)17(18,19)20)22-13-3-2-4-14(23(25)26)12(13)9-21-22;1-25-16(24)15(10-5-7-11(8-6-10)17(18,19)20)23-14-4-2-3-13(21)12(14)9-22-23;1-16-9(15)8(11)6-2-4-7(5-3-6)10(12,13)14;1-15-9(14)6-7-2-4-8(5-3-7)10(11,12)13;10-9(11,12)7-3-1-6(2-4-7)5-8(13)14;11-10(12)8-3-1-2-6-4-9-5-7(6)8;1-2/h2*2-9,15H,1H3;2-9,15H,21H2,1H3;2-5,8H,1H3;2-5H,6H2,1H3;1-4H,5H2,(H,13,14);1-3,5H,4H2;2H,1H3. The smallest absolute Gasteiger partial charge is 0.416 e. The number of aliphatic imine (C=N–C) groups is 1. The van der Waals surface area contributed by atoms with Crippen LogP contribution in [0.5, 0.6) is 0 Å². The molecular formula is C89H72BrF18N11O19. The topological polar surface area (TPSA) is 410 Å². The number of carbonyl (C=O) groups excluding carboxylic acids is 5. The van der Waals surface area contributed by atoms with Crippen LogP contribution in [0.1, 0.15) is 101 Å². The molecule has 0 aliphatic carbocycles. The summed E-state index contributed by atoms with van der Waals surface area (Å²) < 4.78 is 251. The molecule has 0 bridgehead atoms. The first kappa shape index (κ1) is 109. The van der Waals surface area contributed by atoms with Crippen molar-refractivity contribution in [2.24, 2.45) is 4.99 Å². The van der Waals surface area contributed by atoms with Crippen LogP contribution in [-0.2, 0) is 109 Å². The number of methoxy groups -OCH3 is 5. The Balaban J connectivity index is 0.000000223. The Kier molecular flexibility index (Phi) is 37.6. The maximum atomic E-state index is 12.8. The van der Waals surface area contributed by atoms with E-state index in [0.717, 1.165) is 141 Å². The highest BCUT2D eigenvalue weighted by Crippen LogP contribution is 2.40. The van der Waals surface area contributed by atoms with Gasteiger partial charge in [0.1, 0.15) is 4.83 Å². The molecule has 0 saturated heterocycles. The zero-order valence-corrected chi connectivity index (χ0v) is 73.2. The van der Waals surface area contributed by atoms with Crippen molar-refractivity contribution in [1.82, 2.24) is 29.3 Å². The minimum absolute atomic E-state index is 0.0192. The number of nitrogens with two attached hydrogens (primary N) is 1. The van der Waals surface area contributed by atoms with E-state index >= 15 is 0 Å². The normalized spacial score (nSPS) is 12.4. The number of nitro benzene ring substituents is 3. The Bertz CT molecular complexity index is 6430. The van der Waals surface area contributed by atoms with E-state index in [9.17, 15) is 138 Å². The van der Waals surface area contributed by atoms with Gasteiger partial charge in [0.05, 0.1) is 148 Å². The number of carbonyl (C=O) groups is 6. The average molecular weight is 2020 g/mol. The number of nitrogens with zero attached hydrogens (tertiary/aromatic N) is 10. The Hall–Kier alpha value is -15.7. The molecule has 3 aromatic heterocycles. The highest BCUT2D eigenvalue weighted by Gasteiger charge is 2.38. The molecule has 1 aliphatic heterocycles. The molecule has 138 heavy (non-hydrogen) atoms. The number of non-ortho nitro benzene ring substituents is 2. The molecule has 10 aromatic carbocycles. The molecule has 4 N–H and O–H groups in total. The van der Waals surface area contributed by atoms with Gasteiger partial charge in [-0.15, -0.1) is 0 Å². The summed E-state index contributed by atoms with van der Waals surface area (Å²) in [5.74, 6) is -4.29. The number of ether oxygens (including phenoxy) is 5. The molecule has 0 radical (unpaired) electrons. The molecule has 4 atom stereocenters. The zero-order chi connectivity index (χ0) is 103. The monoisotopic (exact) mass is 2020 g/mol. The molecule has 4 heterocycles. The van der Waals surface area contributed by atoms with E-state index in [0.29, 0.717) is 51.0 Å². The molecular weight excluding hydrogens is 1950 g/mol. The summed E-state index contributed by atoms with van der Waals surface area (Å²) in [6.45, 7) is 0.566. The van der Waals surface area contributed by atoms with Crippen molar-refractivity contribution in [3.05, 3.63) is 345 Å². The quantitative estimate of drug-likeness (QED) is 0.0137. The predicted molar refractivity (Wildman–Crippen MR) is 459 cm³/mol. The van der Waals surface area contributed by atoms with Gasteiger partial charge in [-0.3, -0.25) is 54.4 Å². The van der Waals surface area contributed by atoms with E-state index in [1.54, 1.807) is 30.5 Å². The summed E-state index contributed by atoms with van der Waals surface area (Å²) in [6.07, 6.45) is -21.3. The zero-order valence-electron chi connectivity index (χ0n) is 71.6. The van der Waals surface area contributed by atoms with Gasteiger partial charge in [-0.25, -0.2) is 23.7 Å². The molecule has 30 nitrogen and oxygen atoms in total. The first-order valence-electron chi connectivity index (χ1n) is 38.7. The number of rotatable bonds is 18. The van der Waals surface area contributed by atoms with Crippen molar-refractivity contribution in [1.29, 1.82) is 0 Å². The number of nitrogen functional groups attached to an aromatic ring is 1. The molecule has 1 aliphatic rings. The van der Waals surface area contributed by atoms with Gasteiger partial charge in [0.15, 0.2) is 18.1 Å². The fraction of sp³-hybridized carbons (Fsp3) is 0.213. The minimum atomic E-state index is -4.52. The summed E-state index contributed by atoms with van der Waals surface area (Å²) in [7, 11) is 6.91. The third-order valence-electron chi connectivity index (χ3n) is 19.2. The van der Waals surface area contributed by atoms with Gasteiger partial charge in [0, 0.05) is 48.8 Å². The number of anilines is 1. The van der Waals surface area contributed by atoms with Crippen molar-refractivity contribution in [2.45, 2.75) is 79.4 Å². The maximum absolute atomic E-state index is 12.8. The first-order chi connectivity index (χ1) is 64.7. The molecule has 13 aromatic rings. The number of hydrogen-bond acceptors (Lipinski definition) is 23. The number of hydrogen-bond donors (Lipinski definition) is 3. The van der Waals surface area contributed by atoms with E-state index in [4.69, 9.17) is 30.2 Å². The highest BCUT2D eigenvalue weighted by molar-refractivity contribution is 9.09. The van der Waals surface area contributed by atoms with Gasteiger partial charge >= 0.3 is 72.9 Å². The van der Waals surface area contributed by atoms with Crippen LogP contribution >= 0.6 is 15.9 Å². The van der Waals surface area contributed by atoms with Crippen molar-refractivity contribution in [3.63, 3.8) is 0 Å². The number of esters is 5. The first-order valence-corrected chi connectivity index (χ1v) is 39.6. The lowest BCUT2D eigenvalue weighted by molar-refractivity contribution is -0.385. The minimum Gasteiger partial charge on any atom is -0.481 e. The molecule has 0 fully saturated rings. The fourth-order valence-electron chi connectivity index (χ4n) is 12.5. The van der Waals surface area contributed by atoms with E-state index in [2.05, 4.69) is 45.7 Å². The Morgan fingerprint density at radius 1 is 0.413 bits per heavy atom. The Labute approximate surface area is 774 Å². The number of nitro groups is 3. The van der Waals surface area contributed by atoms with Crippen LogP contribution in [-0.4, -0.2) is 139 Å². The van der Waals surface area contributed by atoms with Gasteiger partial charge in [-0.1, -0.05) is 119 Å². The third-order valence-corrected chi connectivity index (χ3v) is 20.1. The fourth-order valence-corrected chi connectivity index (χ4v) is 13.0. The van der Waals surface area contributed by atoms with Crippen LogP contribution in [0.4, 0.5) is 102 Å². The van der Waals surface area contributed by atoms with Crippen molar-refractivity contribution in [3.8, 4) is 0 Å². The summed E-state index contributed by atoms with van der Waals surface area (Å²) in [5, 5.41) is 61.6. The van der Waals surface area contributed by atoms with E-state index in [1.165, 1.54) is 128 Å². The lowest BCUT2D eigenvalue weighted by atomic mass is 10.0. The maximum Gasteiger partial charge on any atom is 0.416 e. The molecule has 49 heteroatoms. The number of carboxylic acid groups (broad SMARTS) is 1. The second-order valence-electron chi connectivity index (χ2n) is 27.9. The van der Waals surface area contributed by atoms with Gasteiger partial charge in [0.2, 0.25) is 0 Å². The molecule has 0 amide bonds. The summed E-state index contributed by atoms with van der Waals surface area (Å²) in [4.78, 5) is 103. The molecule has 4 unspecified atom stereocenters. The van der Waals surface area contributed by atoms with Gasteiger partial charge in [-0.2, -0.15) is 94.3 Å². The second kappa shape index (κ2) is 47.5. The SMILES string of the molecule is CO.COC(=O)C(Br)c1ccc(C(F)(F)F)cc1.COC(=O)C(c1ccc(C(F)(F)F)cc1)n1cc2c([N+](=O)[O-])cccc2n1.COC(=O)C(c1ccc(C(F)(F)F)cc1)n1ncc2c(N)cccc21.COC(=O)C(c1ccc(C(F)(F)F)cc1)n1ncc2c([N+](=O)[O-])cccc21.COC(=O)Cc1ccc(C(F)(F)F)cc1.O=C(O)Cc1ccc(C(F)(F)F)cc1.O=[N+]([O-])c1cccc2c1C=NC2. The summed E-state index contributed by atoms with van der Waals surface area (Å²) in [5.41, 5.74) is 6.06. The largest absolute Gasteiger partial charge is 0.481 e. The van der Waals surface area contributed by atoms with Crippen LogP contribution in [0.15, 0.2) is 242 Å². The van der Waals surface area contributed by atoms with Crippen LogP contribution in [0.25, 0.3) is 32.7 Å². The third kappa shape index (κ3) is 29.2. The number of aliphatic hydroxyl groups excluding tert-OH is 1. The number of benzene rings is 10. The number of aliphatic carboxylic acids is 1. The molecule has 0 spiro atoms. The second-order valence-corrected chi connectivity index (χ2v) is 28.8. The molecule has 730 valence electrons. The predicted octanol–water partition coefficient (Wildman–Crippen LogP) is 20.1. The number of halogens is 19. The average Bonchev–Trinajstić information content (AvgIpc) is 1.63. The molecule has 14 rings (SSSR count). The highest BCUT2D eigenvalue weighted by atomic mass is 79.9. The lowest BCUT2D eigenvalue weighted by Gasteiger charge is -2.17. The summed E-state index contributed by atoms with van der Waals surface area (Å²) in [6, 6.07) is 40.4. The van der Waals surface area contributed by atoms with Crippen molar-refractivity contribution < 1.29 is 156 Å². The Morgan fingerprint density at radius 2 is 0.739 bits per heavy atom. The molecule has 0 saturated carbocycles. The lowest BCUT2D eigenvalue weighted by Crippen LogP contribution is -2.23. The van der Waals surface area contributed by atoms with Crippen molar-refractivity contribution in [2.75, 3.05) is 48.4 Å². The Morgan fingerprint density at radius 3 is 1.12 bits per heavy atom. The van der Waals surface area contributed by atoms with Gasteiger partial charge in [-0.05, 0) is 136 Å². The number of alkyl halides is 19. The van der Waals surface area contributed by atoms with Crippen LogP contribution in [0.2, 0.25) is 0 Å². The van der Waals surface area contributed by atoms with Crippen LogP contribution in [0, 0.1) is 30.3 Å². The van der Waals surface area contributed by atoms with Gasteiger partial charge in [0.25, 0.3) is 17.1 Å². The summed E-state index contributed by atoms with van der Waals surface area (Å²) >= 11 is 3.03. The van der Waals surface area contributed by atoms with E-state index in [1.807, 2.05) is 6.07 Å². The number of fused-ring (bicyclic) bond motifs is 4. The number of aromatic nitrogens is 6. The van der Waals surface area contributed by atoms with Crippen molar-refractivity contribution >= 4 is 113 Å². The van der Waals surface area contributed by atoms with Gasteiger partial charge < -0.3 is 39.6 Å². The van der Waals surface area contributed by atoms with Crippen LogP contribution in [0.3, 0.4) is 0 Å².